The van der Waals surface area contributed by atoms with Crippen LogP contribution >= 0.6 is 0 Å². The van der Waals surface area contributed by atoms with Crippen molar-refractivity contribution in [2.24, 2.45) is 4.99 Å². The lowest BCUT2D eigenvalue weighted by Gasteiger charge is -2.31. The molecular formula is C17H21N3O4. The molecule has 128 valence electrons. The minimum Gasteiger partial charge on any atom is -0.460 e. The summed E-state index contributed by atoms with van der Waals surface area (Å²) >= 11 is 0. The van der Waals surface area contributed by atoms with E-state index in [1.54, 1.807) is 6.92 Å². The number of hydrogen-bond acceptors (Lipinski definition) is 5. The fourth-order valence-electron chi connectivity index (χ4n) is 2.24. The van der Waals surface area contributed by atoms with E-state index < -0.39 is 11.9 Å². The summed E-state index contributed by atoms with van der Waals surface area (Å²) in [6.45, 7) is 3.76. The molecule has 0 saturated heterocycles. The van der Waals surface area contributed by atoms with Gasteiger partial charge in [0.05, 0.1) is 12.3 Å². The topological polar surface area (TPSA) is 88.1 Å². The Morgan fingerprint density at radius 1 is 1.33 bits per heavy atom. The molecule has 0 fully saturated rings. The number of aliphatic imine (C=N–C) groups is 1. The Morgan fingerprint density at radius 3 is 2.75 bits per heavy atom. The van der Waals surface area contributed by atoms with E-state index in [9.17, 15) is 14.4 Å². The molecule has 24 heavy (non-hydrogen) atoms. The Labute approximate surface area is 140 Å². The third-order valence-corrected chi connectivity index (χ3v) is 3.68. The number of benzene rings is 1. The van der Waals surface area contributed by atoms with Crippen LogP contribution in [0.25, 0.3) is 0 Å². The van der Waals surface area contributed by atoms with Gasteiger partial charge in [0.25, 0.3) is 5.91 Å². The summed E-state index contributed by atoms with van der Waals surface area (Å²) in [4.78, 5) is 41.1. The first-order chi connectivity index (χ1) is 11.5. The van der Waals surface area contributed by atoms with E-state index in [1.165, 1.54) is 4.90 Å². The van der Waals surface area contributed by atoms with Crippen LogP contribution in [0.5, 0.6) is 0 Å². The number of carbonyl (C=O) groups excluding carboxylic acids is 3. The summed E-state index contributed by atoms with van der Waals surface area (Å²) in [5, 5.41) is 2.47. The second-order valence-electron chi connectivity index (χ2n) is 5.63. The minimum absolute atomic E-state index is 0.0984. The summed E-state index contributed by atoms with van der Waals surface area (Å²) in [7, 11) is 0. The van der Waals surface area contributed by atoms with Crippen LogP contribution in [0, 0.1) is 0 Å². The first-order valence-electron chi connectivity index (χ1n) is 7.75. The Balaban J connectivity index is 1.73. The molecule has 1 atom stereocenters. The Kier molecular flexibility index (Phi) is 6.06. The molecule has 7 nitrogen and oxygen atoms in total. The normalized spacial score (nSPS) is 17.2. The predicted molar refractivity (Wildman–Crippen MR) is 88.4 cm³/mol. The Morgan fingerprint density at radius 2 is 2.04 bits per heavy atom. The van der Waals surface area contributed by atoms with Crippen LogP contribution in [-0.4, -0.2) is 54.1 Å². The summed E-state index contributed by atoms with van der Waals surface area (Å²) in [6, 6.07) is 9.14. The minimum atomic E-state index is -0.525. The molecule has 2 amide bonds. The molecule has 2 rings (SSSR count). The first-order valence-corrected chi connectivity index (χ1v) is 7.75. The second kappa shape index (κ2) is 8.24. The van der Waals surface area contributed by atoms with E-state index in [0.29, 0.717) is 12.3 Å². The lowest BCUT2D eigenvalue weighted by Crippen LogP contribution is -2.51. The largest absolute Gasteiger partial charge is 0.460 e. The maximum atomic E-state index is 12.0. The summed E-state index contributed by atoms with van der Waals surface area (Å²) < 4.78 is 5.07. The van der Waals surface area contributed by atoms with Crippen molar-refractivity contribution in [2.45, 2.75) is 26.5 Å². The van der Waals surface area contributed by atoms with E-state index in [4.69, 9.17) is 4.74 Å². The molecule has 1 aliphatic heterocycles. The zero-order valence-electron chi connectivity index (χ0n) is 13.8. The highest BCUT2D eigenvalue weighted by Crippen LogP contribution is 2.07. The average Bonchev–Trinajstić information content (AvgIpc) is 2.59. The molecule has 1 aromatic carbocycles. The van der Waals surface area contributed by atoms with Gasteiger partial charge >= 0.3 is 5.97 Å². The monoisotopic (exact) mass is 331 g/mol. The summed E-state index contributed by atoms with van der Waals surface area (Å²) in [5.74, 6) is -1.18. The van der Waals surface area contributed by atoms with Gasteiger partial charge in [-0.3, -0.25) is 19.4 Å². The average molecular weight is 331 g/mol. The van der Waals surface area contributed by atoms with Gasteiger partial charge in [0.1, 0.15) is 19.7 Å². The number of nitrogens with zero attached hydrogens (tertiary/aromatic N) is 2. The Hall–Kier alpha value is -2.70. The molecule has 1 unspecified atom stereocenters. The van der Waals surface area contributed by atoms with Gasteiger partial charge in [-0.1, -0.05) is 30.3 Å². The third kappa shape index (κ3) is 4.91. The standard InChI is InChI=1S/C17H21N3O4/c1-12-8-18-13(2)17(23)20(12)10-15(21)19-9-16(22)24-11-14-6-4-3-5-7-14/h3-7,12H,8-11H2,1-2H3,(H,19,21). The van der Waals surface area contributed by atoms with Gasteiger partial charge in [0.15, 0.2) is 0 Å². The number of rotatable bonds is 6. The lowest BCUT2D eigenvalue weighted by atomic mass is 10.2. The zero-order valence-corrected chi connectivity index (χ0v) is 13.8. The smallest absolute Gasteiger partial charge is 0.325 e. The van der Waals surface area contributed by atoms with Crippen molar-refractivity contribution in [3.05, 3.63) is 35.9 Å². The third-order valence-electron chi connectivity index (χ3n) is 3.68. The van der Waals surface area contributed by atoms with Crippen molar-refractivity contribution < 1.29 is 19.1 Å². The molecular weight excluding hydrogens is 310 g/mol. The predicted octanol–water partition coefficient (Wildman–Crippen LogP) is 0.538. The van der Waals surface area contributed by atoms with Gasteiger partial charge in [-0.25, -0.2) is 0 Å². The molecule has 7 heteroatoms. The molecule has 0 aliphatic carbocycles. The van der Waals surface area contributed by atoms with E-state index in [0.717, 1.165) is 5.56 Å². The molecule has 0 spiro atoms. The van der Waals surface area contributed by atoms with E-state index in [1.807, 2.05) is 37.3 Å². The highest BCUT2D eigenvalue weighted by molar-refractivity contribution is 6.38. The fraction of sp³-hybridized carbons (Fsp3) is 0.412. The maximum Gasteiger partial charge on any atom is 0.325 e. The molecule has 0 saturated carbocycles. The van der Waals surface area contributed by atoms with Gasteiger partial charge in [-0.15, -0.1) is 0 Å². The van der Waals surface area contributed by atoms with Crippen molar-refractivity contribution in [3.63, 3.8) is 0 Å². The summed E-state index contributed by atoms with van der Waals surface area (Å²) in [6.07, 6.45) is 0. The van der Waals surface area contributed by atoms with Gasteiger partial charge in [-0.05, 0) is 19.4 Å². The Bertz CT molecular complexity index is 642. The van der Waals surface area contributed by atoms with E-state index in [-0.39, 0.29) is 31.6 Å². The number of carbonyl (C=O) groups is 3. The number of amides is 2. The fourth-order valence-corrected chi connectivity index (χ4v) is 2.24. The van der Waals surface area contributed by atoms with Gasteiger partial charge in [0, 0.05) is 6.04 Å². The first kappa shape index (κ1) is 17.7. The second-order valence-corrected chi connectivity index (χ2v) is 5.63. The highest BCUT2D eigenvalue weighted by atomic mass is 16.5. The zero-order chi connectivity index (χ0) is 17.5. The maximum absolute atomic E-state index is 12.0. The SMILES string of the molecule is CC1=NCC(C)N(CC(=O)NCC(=O)OCc2ccccc2)C1=O. The number of nitrogens with one attached hydrogen (secondary N) is 1. The number of hydrogen-bond donors (Lipinski definition) is 1. The lowest BCUT2D eigenvalue weighted by molar-refractivity contribution is -0.145. The molecule has 1 aliphatic rings. The van der Waals surface area contributed by atoms with Gasteiger partial charge in [0.2, 0.25) is 5.91 Å². The van der Waals surface area contributed by atoms with Crippen molar-refractivity contribution in [3.8, 4) is 0 Å². The van der Waals surface area contributed by atoms with Crippen molar-refractivity contribution in [1.29, 1.82) is 0 Å². The number of esters is 1. The van der Waals surface area contributed by atoms with Crippen LogP contribution in [0.4, 0.5) is 0 Å². The van der Waals surface area contributed by atoms with Gasteiger partial charge in [-0.2, -0.15) is 0 Å². The molecule has 0 bridgehead atoms. The quantitative estimate of drug-likeness (QED) is 0.771. The van der Waals surface area contributed by atoms with Crippen LogP contribution in [0.1, 0.15) is 19.4 Å². The van der Waals surface area contributed by atoms with Crippen molar-refractivity contribution >= 4 is 23.5 Å². The van der Waals surface area contributed by atoms with Crippen LogP contribution in [-0.2, 0) is 25.7 Å². The highest BCUT2D eigenvalue weighted by Gasteiger charge is 2.27. The molecule has 1 aromatic rings. The van der Waals surface area contributed by atoms with Crippen molar-refractivity contribution in [1.82, 2.24) is 10.2 Å². The summed E-state index contributed by atoms with van der Waals surface area (Å²) in [5.41, 5.74) is 1.27. The van der Waals surface area contributed by atoms with Crippen LogP contribution in [0.15, 0.2) is 35.3 Å². The van der Waals surface area contributed by atoms with E-state index in [2.05, 4.69) is 10.3 Å². The molecule has 0 aromatic heterocycles. The number of ether oxygens (including phenoxy) is 1. The van der Waals surface area contributed by atoms with Crippen LogP contribution < -0.4 is 5.32 Å². The van der Waals surface area contributed by atoms with E-state index >= 15 is 0 Å². The van der Waals surface area contributed by atoms with Crippen molar-refractivity contribution in [2.75, 3.05) is 19.6 Å². The van der Waals surface area contributed by atoms with Gasteiger partial charge < -0.3 is 15.0 Å². The molecule has 0 radical (unpaired) electrons. The van der Waals surface area contributed by atoms with Crippen LogP contribution in [0.3, 0.4) is 0 Å². The molecule has 1 heterocycles. The van der Waals surface area contributed by atoms with Crippen LogP contribution in [0.2, 0.25) is 0 Å². The molecule has 1 N–H and O–H groups in total.